The van der Waals surface area contributed by atoms with E-state index in [0.717, 1.165) is 111 Å². The molecule has 0 unspecified atom stereocenters. The van der Waals surface area contributed by atoms with Crippen molar-refractivity contribution in [2.24, 2.45) is 80.8 Å². The number of allylic oxidation sites excluding steroid dienone is 2. The monoisotopic (exact) mass is 805 g/mol. The minimum atomic E-state index is -0.519. The van der Waals surface area contributed by atoms with Gasteiger partial charge in [0.2, 0.25) is 0 Å². The summed E-state index contributed by atoms with van der Waals surface area (Å²) in [6.07, 6.45) is 31.7. The van der Waals surface area contributed by atoms with E-state index >= 15 is 0 Å². The van der Waals surface area contributed by atoms with Gasteiger partial charge in [-0.1, -0.05) is 90.5 Å². The molecule has 16 atom stereocenters. The number of rotatable bonds is 10. The lowest BCUT2D eigenvalue weighted by molar-refractivity contribution is -0.0575. The number of hydrogen-bond acceptors (Lipinski definition) is 4. The molecule has 8 rings (SSSR count). The maximum Gasteiger partial charge on any atom is 0.0591 e. The summed E-state index contributed by atoms with van der Waals surface area (Å²) in [5.74, 6) is 8.49. The average Bonchev–Trinajstić information content (AvgIpc) is 3.68. The van der Waals surface area contributed by atoms with Gasteiger partial charge in [-0.25, -0.2) is 0 Å². The van der Waals surface area contributed by atoms with Gasteiger partial charge in [-0.2, -0.15) is 0 Å². The number of hydrogen-bond donors (Lipinski definition) is 4. The Morgan fingerprint density at radius 3 is 1.29 bits per heavy atom. The van der Waals surface area contributed by atoms with Crippen LogP contribution in [0.25, 0.3) is 0 Å². The molecule has 8 aliphatic rings. The van der Waals surface area contributed by atoms with Crippen molar-refractivity contribution in [1.29, 1.82) is 0 Å². The lowest BCUT2D eigenvalue weighted by Gasteiger charge is -2.58. The fourth-order valence-corrected chi connectivity index (χ4v) is 17.3. The standard InChI is InChI=1S/2C27H46O2/c2*1-18(7-6-14-25(2,3)29)22-10-11-23-21-9-8-19-17-20(28)12-15-26(19,4)24(21)13-16-27(22,23)5/h2*8,18,20-24,28-29H,6-7,9-17H2,1-5H3/t2*18-,20+,21+,22-,23+,24+,26+,27-/m11/s1. The first kappa shape index (κ1) is 45.3. The highest BCUT2D eigenvalue weighted by molar-refractivity contribution is 5.27. The van der Waals surface area contributed by atoms with Crippen LogP contribution in [-0.4, -0.2) is 43.8 Å². The normalized spacial score (nSPS) is 45.8. The number of fused-ring (bicyclic) bond motifs is 10. The summed E-state index contributed by atoms with van der Waals surface area (Å²) in [6, 6.07) is 0. The van der Waals surface area contributed by atoms with Crippen LogP contribution in [0.2, 0.25) is 0 Å². The molecule has 0 aromatic heterocycles. The van der Waals surface area contributed by atoms with Gasteiger partial charge in [-0.15, -0.1) is 0 Å². The molecule has 0 spiro atoms. The van der Waals surface area contributed by atoms with Crippen LogP contribution < -0.4 is 0 Å². The second kappa shape index (κ2) is 16.8. The highest BCUT2D eigenvalue weighted by atomic mass is 16.3. The first-order valence-corrected chi connectivity index (χ1v) is 25.3. The van der Waals surface area contributed by atoms with Crippen molar-refractivity contribution in [2.75, 3.05) is 0 Å². The summed E-state index contributed by atoms with van der Waals surface area (Å²) in [7, 11) is 0. The van der Waals surface area contributed by atoms with Gasteiger partial charge >= 0.3 is 0 Å². The third-order valence-corrected chi connectivity index (χ3v) is 20.6. The van der Waals surface area contributed by atoms with Gasteiger partial charge in [0.25, 0.3) is 0 Å². The second-order valence-corrected chi connectivity index (χ2v) is 25.1. The molecule has 6 fully saturated rings. The molecule has 6 saturated carbocycles. The van der Waals surface area contributed by atoms with Crippen LogP contribution in [0, 0.1) is 80.8 Å². The van der Waals surface area contributed by atoms with E-state index in [1.165, 1.54) is 89.9 Å². The average molecular weight is 805 g/mol. The Kier molecular flexibility index (Phi) is 13.1. The predicted octanol–water partition coefficient (Wildman–Crippen LogP) is 13.0. The minimum absolute atomic E-state index is 0.0969. The van der Waals surface area contributed by atoms with Crippen molar-refractivity contribution in [3.05, 3.63) is 23.3 Å². The quantitative estimate of drug-likeness (QED) is 0.166. The maximum atomic E-state index is 10.2. The molecule has 0 radical (unpaired) electrons. The molecule has 8 aliphatic carbocycles. The van der Waals surface area contributed by atoms with Crippen LogP contribution in [0.4, 0.5) is 0 Å². The van der Waals surface area contributed by atoms with E-state index < -0.39 is 11.2 Å². The Morgan fingerprint density at radius 2 is 0.931 bits per heavy atom. The molecular weight excluding hydrogens is 713 g/mol. The minimum Gasteiger partial charge on any atom is -0.393 e. The Balaban J connectivity index is 0.000000177. The molecule has 0 aliphatic heterocycles. The summed E-state index contributed by atoms with van der Waals surface area (Å²) < 4.78 is 0. The van der Waals surface area contributed by atoms with Crippen LogP contribution in [-0.2, 0) is 0 Å². The van der Waals surface area contributed by atoms with Crippen molar-refractivity contribution in [3.63, 3.8) is 0 Å². The third kappa shape index (κ3) is 8.66. The van der Waals surface area contributed by atoms with Gasteiger partial charge in [0.05, 0.1) is 23.4 Å². The van der Waals surface area contributed by atoms with Crippen LogP contribution in [0.3, 0.4) is 0 Å². The smallest absolute Gasteiger partial charge is 0.0591 e. The van der Waals surface area contributed by atoms with E-state index in [-0.39, 0.29) is 12.2 Å². The van der Waals surface area contributed by atoms with E-state index in [4.69, 9.17) is 0 Å². The zero-order valence-corrected chi connectivity index (χ0v) is 39.4. The summed E-state index contributed by atoms with van der Waals surface area (Å²) in [6.45, 7) is 23.1. The van der Waals surface area contributed by atoms with Crippen molar-refractivity contribution in [1.82, 2.24) is 0 Å². The molecule has 4 N–H and O–H groups in total. The molecule has 0 amide bonds. The lowest BCUT2D eigenvalue weighted by atomic mass is 9.47. The van der Waals surface area contributed by atoms with Gasteiger partial charge in [0, 0.05) is 0 Å². The molecule has 332 valence electrons. The number of aliphatic hydroxyl groups is 4. The molecule has 0 heterocycles. The summed E-state index contributed by atoms with van der Waals surface area (Å²) >= 11 is 0. The molecular formula is C54H92O4. The molecule has 4 heteroatoms. The SMILES string of the molecule is C[C@H](CCCC(C)(C)O)[C@H]1CC[C@H]2[C@@H]3CC=C4C[C@@H](O)CC[C@]4(C)[C@H]3CC[C@]12C.C[C@H](CCCC(C)(C)O)[C@H]1CC[C@H]2[C@@H]3CC=C4C[C@@H](O)CC[C@]4(C)[C@H]3CC[C@]12C. The largest absolute Gasteiger partial charge is 0.393 e. The van der Waals surface area contributed by atoms with Crippen LogP contribution >= 0.6 is 0 Å². The Labute approximate surface area is 357 Å². The lowest BCUT2D eigenvalue weighted by Crippen LogP contribution is -2.50. The highest BCUT2D eigenvalue weighted by Gasteiger charge is 2.60. The fraction of sp³-hybridized carbons (Fsp3) is 0.926. The maximum absolute atomic E-state index is 10.2. The van der Waals surface area contributed by atoms with E-state index in [9.17, 15) is 20.4 Å². The van der Waals surface area contributed by atoms with E-state index in [2.05, 4.69) is 53.7 Å². The van der Waals surface area contributed by atoms with Gasteiger partial charge in [0.1, 0.15) is 0 Å². The van der Waals surface area contributed by atoms with E-state index in [1.54, 1.807) is 11.1 Å². The van der Waals surface area contributed by atoms with Crippen molar-refractivity contribution in [3.8, 4) is 0 Å². The Morgan fingerprint density at radius 1 is 0.552 bits per heavy atom. The van der Waals surface area contributed by atoms with Gasteiger partial charge in [0.15, 0.2) is 0 Å². The van der Waals surface area contributed by atoms with Crippen LogP contribution in [0.15, 0.2) is 23.3 Å². The van der Waals surface area contributed by atoms with Gasteiger partial charge in [-0.3, -0.25) is 0 Å². The topological polar surface area (TPSA) is 80.9 Å². The summed E-state index contributed by atoms with van der Waals surface area (Å²) in [5.41, 5.74) is 3.91. The second-order valence-electron chi connectivity index (χ2n) is 25.1. The fourth-order valence-electron chi connectivity index (χ4n) is 17.3. The molecule has 0 aromatic carbocycles. The zero-order valence-electron chi connectivity index (χ0n) is 39.4. The highest BCUT2D eigenvalue weighted by Crippen LogP contribution is 2.69. The number of aliphatic hydroxyl groups excluding tert-OH is 2. The molecule has 0 aromatic rings. The van der Waals surface area contributed by atoms with Crippen molar-refractivity contribution >= 4 is 0 Å². The van der Waals surface area contributed by atoms with Gasteiger partial charge < -0.3 is 20.4 Å². The van der Waals surface area contributed by atoms with Crippen LogP contribution in [0.5, 0.6) is 0 Å². The molecule has 0 saturated heterocycles. The predicted molar refractivity (Wildman–Crippen MR) is 241 cm³/mol. The zero-order chi connectivity index (χ0) is 42.1. The first-order chi connectivity index (χ1) is 27.1. The van der Waals surface area contributed by atoms with Crippen LogP contribution in [0.1, 0.15) is 210 Å². The first-order valence-electron chi connectivity index (χ1n) is 25.3. The Hall–Kier alpha value is -0.680. The summed E-state index contributed by atoms with van der Waals surface area (Å²) in [5, 5.41) is 40.6. The summed E-state index contributed by atoms with van der Waals surface area (Å²) in [4.78, 5) is 0. The Bertz CT molecular complexity index is 1370. The van der Waals surface area contributed by atoms with E-state index in [1.807, 2.05) is 27.7 Å². The third-order valence-electron chi connectivity index (χ3n) is 20.6. The van der Waals surface area contributed by atoms with E-state index in [0.29, 0.717) is 21.7 Å². The molecule has 0 bridgehead atoms. The molecule has 58 heavy (non-hydrogen) atoms. The molecule has 4 nitrogen and oxygen atoms in total. The van der Waals surface area contributed by atoms with Crippen molar-refractivity contribution in [2.45, 2.75) is 234 Å². The van der Waals surface area contributed by atoms with Gasteiger partial charge in [-0.05, 0) is 224 Å². The van der Waals surface area contributed by atoms with Crippen molar-refractivity contribution < 1.29 is 20.4 Å².